The molecule has 0 aliphatic heterocycles. The minimum absolute atomic E-state index is 0.476. The maximum atomic E-state index is 5.43. The minimum Gasteiger partial charge on any atom is -0.496 e. The van der Waals surface area contributed by atoms with Crippen LogP contribution in [0.5, 0.6) is 17.2 Å². The third-order valence-corrected chi connectivity index (χ3v) is 4.21. The van der Waals surface area contributed by atoms with Crippen LogP contribution in [0.1, 0.15) is 31.7 Å². The monoisotopic (exact) mass is 279 g/mol. The molecule has 0 aromatic heterocycles. The van der Waals surface area contributed by atoms with E-state index >= 15 is 0 Å². The van der Waals surface area contributed by atoms with E-state index in [4.69, 9.17) is 14.2 Å². The zero-order valence-electron chi connectivity index (χ0n) is 12.9. The highest BCUT2D eigenvalue weighted by atomic mass is 16.5. The molecule has 0 atom stereocenters. The van der Waals surface area contributed by atoms with E-state index in [0.717, 1.165) is 30.2 Å². The van der Waals surface area contributed by atoms with Crippen LogP contribution in [0.15, 0.2) is 12.1 Å². The summed E-state index contributed by atoms with van der Waals surface area (Å²) >= 11 is 0. The van der Waals surface area contributed by atoms with E-state index in [0.29, 0.717) is 11.2 Å². The fraction of sp³-hybridized carbons (Fsp3) is 0.625. The van der Waals surface area contributed by atoms with E-state index in [2.05, 4.69) is 12.2 Å². The van der Waals surface area contributed by atoms with Crippen LogP contribution < -0.4 is 19.5 Å². The second-order valence-electron chi connectivity index (χ2n) is 5.79. The fourth-order valence-electron chi connectivity index (χ4n) is 2.69. The molecule has 1 saturated carbocycles. The van der Waals surface area contributed by atoms with Crippen molar-refractivity contribution in [2.24, 2.45) is 5.41 Å². The van der Waals surface area contributed by atoms with Gasteiger partial charge in [-0.25, -0.2) is 0 Å². The van der Waals surface area contributed by atoms with Crippen LogP contribution in [0.4, 0.5) is 0 Å². The van der Waals surface area contributed by atoms with Gasteiger partial charge in [0.2, 0.25) is 0 Å². The predicted octanol–water partition coefficient (Wildman–Crippen LogP) is 2.99. The number of benzene rings is 1. The summed E-state index contributed by atoms with van der Waals surface area (Å²) in [7, 11) is 4.96. The Morgan fingerprint density at radius 3 is 2.10 bits per heavy atom. The molecule has 1 aromatic rings. The van der Waals surface area contributed by atoms with E-state index in [9.17, 15) is 0 Å². The Kier molecular flexibility index (Phi) is 4.76. The van der Waals surface area contributed by atoms with Crippen LogP contribution in [0, 0.1) is 5.41 Å². The molecule has 0 heterocycles. The van der Waals surface area contributed by atoms with E-state index < -0.39 is 0 Å². The molecule has 0 saturated heterocycles. The van der Waals surface area contributed by atoms with Crippen LogP contribution in [0.3, 0.4) is 0 Å². The average molecular weight is 279 g/mol. The van der Waals surface area contributed by atoms with Gasteiger partial charge in [-0.05, 0) is 24.3 Å². The topological polar surface area (TPSA) is 39.7 Å². The molecule has 0 amide bonds. The summed E-state index contributed by atoms with van der Waals surface area (Å²) in [6.45, 7) is 4.17. The lowest BCUT2D eigenvalue weighted by molar-refractivity contribution is 0.156. The van der Waals surface area contributed by atoms with Crippen molar-refractivity contribution in [3.05, 3.63) is 17.7 Å². The third-order valence-electron chi connectivity index (χ3n) is 4.21. The van der Waals surface area contributed by atoms with Crippen LogP contribution in [0.25, 0.3) is 0 Å². The smallest absolute Gasteiger partial charge is 0.164 e. The van der Waals surface area contributed by atoms with Gasteiger partial charge in [-0.15, -0.1) is 0 Å². The molecule has 0 radical (unpaired) electrons. The molecule has 1 aliphatic carbocycles. The molecule has 0 spiro atoms. The maximum Gasteiger partial charge on any atom is 0.164 e. The van der Waals surface area contributed by atoms with Gasteiger partial charge in [-0.2, -0.15) is 0 Å². The Bertz CT molecular complexity index is 455. The SMILES string of the molecule is COc1cc(OC)c(OC)cc1CNCC1(C)CCC1. The van der Waals surface area contributed by atoms with Crippen molar-refractivity contribution < 1.29 is 14.2 Å². The van der Waals surface area contributed by atoms with Gasteiger partial charge < -0.3 is 19.5 Å². The zero-order valence-corrected chi connectivity index (χ0v) is 12.9. The first-order valence-electron chi connectivity index (χ1n) is 7.11. The van der Waals surface area contributed by atoms with E-state index in [1.807, 2.05) is 12.1 Å². The molecule has 0 unspecified atom stereocenters. The first kappa shape index (κ1) is 15.0. The number of nitrogens with one attached hydrogen (secondary N) is 1. The normalized spacial score (nSPS) is 16.4. The highest BCUT2D eigenvalue weighted by Gasteiger charge is 2.31. The second-order valence-corrected chi connectivity index (χ2v) is 5.79. The molecular formula is C16H25NO3. The van der Waals surface area contributed by atoms with E-state index in [-0.39, 0.29) is 0 Å². The summed E-state index contributed by atoms with van der Waals surface area (Å²) in [5, 5.41) is 3.53. The molecule has 112 valence electrons. The standard InChI is InChI=1S/C16H25NO3/c1-16(6-5-7-16)11-17-10-12-8-14(19-3)15(20-4)9-13(12)18-2/h8-9,17H,5-7,10-11H2,1-4H3. The van der Waals surface area contributed by atoms with E-state index in [1.165, 1.54) is 19.3 Å². The minimum atomic E-state index is 0.476. The maximum absolute atomic E-state index is 5.43. The van der Waals surface area contributed by atoms with Crippen molar-refractivity contribution in [1.29, 1.82) is 0 Å². The van der Waals surface area contributed by atoms with Crippen molar-refractivity contribution in [1.82, 2.24) is 5.32 Å². The highest BCUT2D eigenvalue weighted by molar-refractivity contribution is 5.50. The summed E-state index contributed by atoms with van der Waals surface area (Å²) < 4.78 is 16.1. The molecule has 1 aliphatic rings. The molecule has 1 fully saturated rings. The lowest BCUT2D eigenvalue weighted by Gasteiger charge is -2.38. The third kappa shape index (κ3) is 3.18. The summed E-state index contributed by atoms with van der Waals surface area (Å²) in [6.07, 6.45) is 4.00. The number of hydrogen-bond acceptors (Lipinski definition) is 4. The molecule has 20 heavy (non-hydrogen) atoms. The van der Waals surface area contributed by atoms with Crippen LogP contribution in [-0.2, 0) is 6.54 Å². The van der Waals surface area contributed by atoms with Crippen LogP contribution >= 0.6 is 0 Å². The van der Waals surface area contributed by atoms with Gasteiger partial charge in [0.1, 0.15) is 5.75 Å². The average Bonchev–Trinajstić information content (AvgIpc) is 2.44. The lowest BCUT2D eigenvalue weighted by Crippen LogP contribution is -2.37. The number of rotatable bonds is 7. The first-order valence-corrected chi connectivity index (χ1v) is 7.11. The predicted molar refractivity (Wildman–Crippen MR) is 79.8 cm³/mol. The van der Waals surface area contributed by atoms with Gasteiger partial charge in [-0.1, -0.05) is 13.3 Å². The summed E-state index contributed by atoms with van der Waals surface area (Å²) in [5.74, 6) is 2.26. The van der Waals surface area contributed by atoms with Crippen molar-refractivity contribution >= 4 is 0 Å². The van der Waals surface area contributed by atoms with Gasteiger partial charge in [0, 0.05) is 24.7 Å². The lowest BCUT2D eigenvalue weighted by atomic mass is 9.70. The number of ether oxygens (including phenoxy) is 3. The number of hydrogen-bond donors (Lipinski definition) is 1. The number of methoxy groups -OCH3 is 3. The largest absolute Gasteiger partial charge is 0.496 e. The van der Waals surface area contributed by atoms with Gasteiger partial charge in [0.05, 0.1) is 21.3 Å². The Morgan fingerprint density at radius 1 is 1.00 bits per heavy atom. The highest BCUT2D eigenvalue weighted by Crippen LogP contribution is 2.40. The second kappa shape index (κ2) is 6.35. The zero-order chi connectivity index (χ0) is 14.6. The van der Waals surface area contributed by atoms with Crippen molar-refractivity contribution in [2.45, 2.75) is 32.7 Å². The molecule has 1 N–H and O–H groups in total. The summed E-state index contributed by atoms with van der Waals surface area (Å²) in [4.78, 5) is 0. The van der Waals surface area contributed by atoms with Gasteiger partial charge >= 0.3 is 0 Å². The van der Waals surface area contributed by atoms with Gasteiger partial charge in [-0.3, -0.25) is 0 Å². The quantitative estimate of drug-likeness (QED) is 0.833. The van der Waals surface area contributed by atoms with Crippen molar-refractivity contribution in [3.8, 4) is 17.2 Å². The first-order chi connectivity index (χ1) is 9.61. The van der Waals surface area contributed by atoms with Crippen molar-refractivity contribution in [3.63, 3.8) is 0 Å². The van der Waals surface area contributed by atoms with E-state index in [1.54, 1.807) is 21.3 Å². The van der Waals surface area contributed by atoms with Crippen LogP contribution in [-0.4, -0.2) is 27.9 Å². The Balaban J connectivity index is 2.05. The molecule has 1 aromatic carbocycles. The summed E-state index contributed by atoms with van der Waals surface area (Å²) in [6, 6.07) is 3.86. The Labute approximate surface area is 121 Å². The van der Waals surface area contributed by atoms with Crippen LogP contribution in [0.2, 0.25) is 0 Å². The van der Waals surface area contributed by atoms with Gasteiger partial charge in [0.15, 0.2) is 11.5 Å². The summed E-state index contributed by atoms with van der Waals surface area (Å²) in [5.41, 5.74) is 1.57. The molecule has 0 bridgehead atoms. The molecule has 4 heteroatoms. The Morgan fingerprint density at radius 2 is 1.60 bits per heavy atom. The fourth-order valence-corrected chi connectivity index (χ4v) is 2.69. The van der Waals surface area contributed by atoms with Crippen molar-refractivity contribution in [2.75, 3.05) is 27.9 Å². The molecule has 2 rings (SSSR count). The molecule has 4 nitrogen and oxygen atoms in total. The van der Waals surface area contributed by atoms with Gasteiger partial charge in [0.25, 0.3) is 0 Å². The molecular weight excluding hydrogens is 254 g/mol. The Hall–Kier alpha value is -1.42.